The molecule has 0 radical (unpaired) electrons. The highest BCUT2D eigenvalue weighted by Crippen LogP contribution is 2.28. The molecule has 0 atom stereocenters. The molecule has 170 valence electrons. The van der Waals surface area contributed by atoms with Gasteiger partial charge in [0, 0.05) is 30.2 Å². The van der Waals surface area contributed by atoms with Crippen molar-refractivity contribution in [1.82, 2.24) is 30.0 Å². The van der Waals surface area contributed by atoms with Crippen LogP contribution in [0.25, 0.3) is 17.1 Å². The number of rotatable bonds is 12. The maximum atomic E-state index is 12.4. The molecule has 0 fully saturated rings. The lowest BCUT2D eigenvalue weighted by Gasteiger charge is -2.17. The average molecular weight is 455 g/mol. The number of nitrogens with one attached hydrogen (secondary N) is 1. The van der Waals surface area contributed by atoms with Gasteiger partial charge in [0.05, 0.1) is 12.9 Å². The quantitative estimate of drug-likeness (QED) is 0.332. The topological polar surface area (TPSA) is 85.2 Å². The van der Waals surface area contributed by atoms with Gasteiger partial charge in [-0.15, -0.1) is 10.2 Å². The molecule has 0 bridgehead atoms. The molecule has 9 heteroatoms. The van der Waals surface area contributed by atoms with E-state index in [2.05, 4.69) is 39.2 Å². The summed E-state index contributed by atoms with van der Waals surface area (Å²) in [7, 11) is 1.64. The van der Waals surface area contributed by atoms with Crippen molar-refractivity contribution in [2.45, 2.75) is 25.4 Å². The molecular weight excluding hydrogens is 424 g/mol. The maximum absolute atomic E-state index is 12.4. The molecule has 0 aliphatic rings. The van der Waals surface area contributed by atoms with Crippen LogP contribution in [0.15, 0.2) is 53.9 Å². The van der Waals surface area contributed by atoms with Gasteiger partial charge in [0.15, 0.2) is 11.0 Å². The first-order chi connectivity index (χ1) is 15.7. The van der Waals surface area contributed by atoms with Crippen molar-refractivity contribution in [3.63, 3.8) is 0 Å². The molecule has 2 heterocycles. The number of methoxy groups -OCH3 is 1. The van der Waals surface area contributed by atoms with Crippen molar-refractivity contribution in [3.8, 4) is 22.8 Å². The van der Waals surface area contributed by atoms with Crippen LogP contribution < -0.4 is 10.1 Å². The molecule has 2 aromatic heterocycles. The van der Waals surface area contributed by atoms with Crippen LogP contribution in [-0.2, 0) is 4.79 Å². The van der Waals surface area contributed by atoms with Crippen LogP contribution >= 0.6 is 11.8 Å². The van der Waals surface area contributed by atoms with Crippen molar-refractivity contribution >= 4 is 17.7 Å². The summed E-state index contributed by atoms with van der Waals surface area (Å²) in [5.74, 6) is 1.73. The predicted molar refractivity (Wildman–Crippen MR) is 127 cm³/mol. The minimum absolute atomic E-state index is 0.00992. The third-order valence-corrected chi connectivity index (χ3v) is 6.03. The smallest absolute Gasteiger partial charge is 0.230 e. The normalized spacial score (nSPS) is 11.0. The second-order valence-electron chi connectivity index (χ2n) is 7.09. The van der Waals surface area contributed by atoms with E-state index < -0.39 is 0 Å². The van der Waals surface area contributed by atoms with E-state index in [0.717, 1.165) is 43.1 Å². The van der Waals surface area contributed by atoms with Crippen LogP contribution in [0.2, 0.25) is 0 Å². The second-order valence-corrected chi connectivity index (χ2v) is 8.04. The number of ether oxygens (including phenoxy) is 1. The Hall–Kier alpha value is -2.91. The Morgan fingerprint density at radius 1 is 1.09 bits per heavy atom. The molecule has 0 saturated carbocycles. The molecular formula is C23H30N6O2S. The lowest BCUT2D eigenvalue weighted by molar-refractivity contribution is -0.118. The molecule has 1 amide bonds. The third-order valence-electron chi connectivity index (χ3n) is 5.10. The fraction of sp³-hybridized carbons (Fsp3) is 0.391. The Kier molecular flexibility index (Phi) is 9.06. The first-order valence-electron chi connectivity index (χ1n) is 10.8. The number of hydrogen-bond acceptors (Lipinski definition) is 7. The Bertz CT molecular complexity index is 974. The van der Waals surface area contributed by atoms with E-state index in [1.807, 2.05) is 41.0 Å². The summed E-state index contributed by atoms with van der Waals surface area (Å²) < 4.78 is 7.23. The Labute approximate surface area is 193 Å². The molecule has 0 aliphatic carbocycles. The first kappa shape index (κ1) is 23.7. The van der Waals surface area contributed by atoms with Crippen LogP contribution in [0.5, 0.6) is 5.75 Å². The van der Waals surface area contributed by atoms with Gasteiger partial charge in [-0.1, -0.05) is 25.6 Å². The van der Waals surface area contributed by atoms with E-state index in [-0.39, 0.29) is 11.7 Å². The molecule has 0 saturated heterocycles. The van der Waals surface area contributed by atoms with Crippen molar-refractivity contribution < 1.29 is 9.53 Å². The number of carbonyl (C=O) groups is 1. The van der Waals surface area contributed by atoms with E-state index in [9.17, 15) is 4.79 Å². The lowest BCUT2D eigenvalue weighted by Crippen LogP contribution is -2.30. The molecule has 8 nitrogen and oxygen atoms in total. The standard InChI is InChI=1S/C23H30N6O2S/c1-4-28(5-2)16-6-13-25-21(30)17-32-23-27-26-22(18-11-14-24-15-12-18)29(23)19-7-9-20(31-3)10-8-19/h7-12,14-15H,4-6,13,16-17H2,1-3H3,(H,25,30). The monoisotopic (exact) mass is 454 g/mol. The van der Waals surface area contributed by atoms with Gasteiger partial charge in [0.25, 0.3) is 0 Å². The molecule has 0 aliphatic heterocycles. The fourth-order valence-corrected chi connectivity index (χ4v) is 4.05. The number of thioether (sulfide) groups is 1. The zero-order valence-electron chi connectivity index (χ0n) is 18.8. The molecule has 0 spiro atoms. The number of hydrogen-bond donors (Lipinski definition) is 1. The van der Waals surface area contributed by atoms with E-state index >= 15 is 0 Å². The molecule has 3 rings (SSSR count). The first-order valence-corrected chi connectivity index (χ1v) is 11.8. The van der Waals surface area contributed by atoms with Gasteiger partial charge < -0.3 is 15.0 Å². The number of carbonyl (C=O) groups excluding carboxylic acids is 1. The zero-order chi connectivity index (χ0) is 22.8. The van der Waals surface area contributed by atoms with Gasteiger partial charge in [0.1, 0.15) is 5.75 Å². The van der Waals surface area contributed by atoms with Gasteiger partial charge in [0.2, 0.25) is 5.91 Å². The van der Waals surface area contributed by atoms with Crippen LogP contribution in [0.3, 0.4) is 0 Å². The molecule has 0 unspecified atom stereocenters. The van der Waals surface area contributed by atoms with Crippen molar-refractivity contribution in [2.24, 2.45) is 0 Å². The molecule has 3 aromatic rings. The van der Waals surface area contributed by atoms with Gasteiger partial charge in [-0.3, -0.25) is 14.3 Å². The minimum Gasteiger partial charge on any atom is -0.497 e. The third kappa shape index (κ3) is 6.30. The Balaban J connectivity index is 1.69. The largest absolute Gasteiger partial charge is 0.497 e. The van der Waals surface area contributed by atoms with Crippen molar-refractivity contribution in [3.05, 3.63) is 48.8 Å². The van der Waals surface area contributed by atoms with Crippen molar-refractivity contribution in [1.29, 1.82) is 0 Å². The number of nitrogens with zero attached hydrogens (tertiary/aromatic N) is 5. The summed E-state index contributed by atoms with van der Waals surface area (Å²) >= 11 is 1.37. The van der Waals surface area contributed by atoms with Crippen molar-refractivity contribution in [2.75, 3.05) is 39.0 Å². The van der Waals surface area contributed by atoms with E-state index in [4.69, 9.17) is 4.74 Å². The zero-order valence-corrected chi connectivity index (χ0v) is 19.6. The fourth-order valence-electron chi connectivity index (χ4n) is 3.27. The maximum Gasteiger partial charge on any atom is 0.230 e. The Morgan fingerprint density at radius 3 is 2.47 bits per heavy atom. The highest BCUT2D eigenvalue weighted by molar-refractivity contribution is 7.99. The van der Waals surface area contributed by atoms with E-state index in [0.29, 0.717) is 17.5 Å². The Morgan fingerprint density at radius 2 is 1.81 bits per heavy atom. The second kappa shape index (κ2) is 12.2. The molecule has 1 N–H and O–H groups in total. The van der Waals surface area contributed by atoms with E-state index in [1.165, 1.54) is 11.8 Å². The summed E-state index contributed by atoms with van der Waals surface area (Å²) in [6, 6.07) is 11.5. The molecule has 32 heavy (non-hydrogen) atoms. The molecule has 1 aromatic carbocycles. The highest BCUT2D eigenvalue weighted by atomic mass is 32.2. The van der Waals surface area contributed by atoms with Crippen LogP contribution in [-0.4, -0.2) is 69.6 Å². The summed E-state index contributed by atoms with van der Waals surface area (Å²) in [5, 5.41) is 12.4. The summed E-state index contributed by atoms with van der Waals surface area (Å²) in [4.78, 5) is 18.8. The van der Waals surface area contributed by atoms with Gasteiger partial charge in [-0.05, 0) is 62.5 Å². The van der Waals surface area contributed by atoms with E-state index in [1.54, 1.807) is 19.5 Å². The predicted octanol–water partition coefficient (Wildman–Crippen LogP) is 3.28. The number of pyridine rings is 1. The summed E-state index contributed by atoms with van der Waals surface area (Å²) in [5.41, 5.74) is 1.79. The number of aromatic nitrogens is 4. The average Bonchev–Trinajstić information content (AvgIpc) is 3.27. The minimum atomic E-state index is -0.00992. The van der Waals surface area contributed by atoms with Crippen LogP contribution in [0.4, 0.5) is 0 Å². The van der Waals surface area contributed by atoms with Gasteiger partial charge >= 0.3 is 0 Å². The lowest BCUT2D eigenvalue weighted by atomic mass is 10.2. The number of amides is 1. The summed E-state index contributed by atoms with van der Waals surface area (Å²) in [6.45, 7) is 8.02. The highest BCUT2D eigenvalue weighted by Gasteiger charge is 2.17. The van der Waals surface area contributed by atoms with Crippen LogP contribution in [0.1, 0.15) is 20.3 Å². The SMILES string of the molecule is CCN(CC)CCCNC(=O)CSc1nnc(-c2ccncc2)n1-c1ccc(OC)cc1. The summed E-state index contributed by atoms with van der Waals surface area (Å²) in [6.07, 6.45) is 4.38. The van der Waals surface area contributed by atoms with Crippen LogP contribution in [0, 0.1) is 0 Å². The van der Waals surface area contributed by atoms with Gasteiger partial charge in [-0.2, -0.15) is 0 Å². The van der Waals surface area contributed by atoms with Gasteiger partial charge in [-0.25, -0.2) is 0 Å². The number of benzene rings is 1.